The molecule has 0 radical (unpaired) electrons. The van der Waals surface area contributed by atoms with Crippen molar-refractivity contribution in [1.29, 1.82) is 0 Å². The van der Waals surface area contributed by atoms with Crippen LogP contribution < -0.4 is 5.32 Å². The zero-order chi connectivity index (χ0) is 15.6. The lowest BCUT2D eigenvalue weighted by Gasteiger charge is -2.23. The monoisotopic (exact) mass is 325 g/mol. The number of thiophene rings is 1. The van der Waals surface area contributed by atoms with E-state index in [0.717, 1.165) is 30.3 Å². The number of carbonyl (C=O) groups is 1. The van der Waals surface area contributed by atoms with E-state index in [0.29, 0.717) is 13.0 Å². The van der Waals surface area contributed by atoms with Crippen LogP contribution in [0.15, 0.2) is 42.0 Å². The Balaban J connectivity index is 1.40. The Morgan fingerprint density at radius 3 is 3.22 bits per heavy atom. The van der Waals surface area contributed by atoms with Crippen LogP contribution in [-0.2, 0) is 17.8 Å². The standard InChI is InChI=1S/C18H19N3OS/c22-18(20-14-5-3-7-17-13(14)9-11-23-17)8-10-21-12-19-15-4-1-2-6-16(15)21/h1-2,4,6,9,11-12,14H,3,5,7-8,10H2,(H,20,22). The summed E-state index contributed by atoms with van der Waals surface area (Å²) in [4.78, 5) is 18.1. The second kappa shape index (κ2) is 6.16. The minimum atomic E-state index is 0.117. The van der Waals surface area contributed by atoms with Gasteiger partial charge in [-0.1, -0.05) is 12.1 Å². The van der Waals surface area contributed by atoms with Crippen molar-refractivity contribution < 1.29 is 4.79 Å². The fraction of sp³-hybridized carbons (Fsp3) is 0.333. The first kappa shape index (κ1) is 14.5. The number of imidazole rings is 1. The van der Waals surface area contributed by atoms with E-state index in [1.165, 1.54) is 10.4 Å². The zero-order valence-electron chi connectivity index (χ0n) is 12.9. The van der Waals surface area contributed by atoms with Gasteiger partial charge in [-0.2, -0.15) is 0 Å². The van der Waals surface area contributed by atoms with Crippen LogP contribution in [0.4, 0.5) is 0 Å². The summed E-state index contributed by atoms with van der Waals surface area (Å²) in [5.41, 5.74) is 3.38. The van der Waals surface area contributed by atoms with Crippen molar-refractivity contribution in [3.05, 3.63) is 52.5 Å². The van der Waals surface area contributed by atoms with E-state index in [9.17, 15) is 4.79 Å². The number of nitrogens with zero attached hydrogens (tertiary/aromatic N) is 2. The molecule has 4 rings (SSSR count). The van der Waals surface area contributed by atoms with Crippen LogP contribution in [0, 0.1) is 0 Å². The molecule has 0 saturated heterocycles. The molecule has 118 valence electrons. The van der Waals surface area contributed by atoms with Gasteiger partial charge in [0.2, 0.25) is 5.91 Å². The summed E-state index contributed by atoms with van der Waals surface area (Å²) in [6, 6.07) is 10.4. The largest absolute Gasteiger partial charge is 0.349 e. The van der Waals surface area contributed by atoms with Gasteiger partial charge in [0.25, 0.3) is 0 Å². The van der Waals surface area contributed by atoms with E-state index in [-0.39, 0.29) is 11.9 Å². The lowest BCUT2D eigenvalue weighted by atomic mass is 9.94. The molecule has 1 aliphatic rings. The van der Waals surface area contributed by atoms with Crippen molar-refractivity contribution in [3.63, 3.8) is 0 Å². The third-order valence-electron chi connectivity index (χ3n) is 4.49. The summed E-state index contributed by atoms with van der Waals surface area (Å²) in [7, 11) is 0. The van der Waals surface area contributed by atoms with Gasteiger partial charge in [-0.05, 0) is 48.4 Å². The third-order valence-corrected chi connectivity index (χ3v) is 5.49. The second-order valence-electron chi connectivity index (χ2n) is 5.99. The van der Waals surface area contributed by atoms with Crippen molar-refractivity contribution in [2.45, 2.75) is 38.3 Å². The van der Waals surface area contributed by atoms with Gasteiger partial charge in [-0.25, -0.2) is 4.98 Å². The smallest absolute Gasteiger partial charge is 0.222 e. The molecule has 1 amide bonds. The van der Waals surface area contributed by atoms with E-state index < -0.39 is 0 Å². The molecule has 1 N–H and O–H groups in total. The maximum absolute atomic E-state index is 12.3. The van der Waals surface area contributed by atoms with E-state index in [1.54, 1.807) is 11.3 Å². The Morgan fingerprint density at radius 1 is 1.35 bits per heavy atom. The number of amides is 1. The second-order valence-corrected chi connectivity index (χ2v) is 6.99. The van der Waals surface area contributed by atoms with Crippen molar-refractivity contribution in [2.75, 3.05) is 0 Å². The highest BCUT2D eigenvalue weighted by atomic mass is 32.1. The van der Waals surface area contributed by atoms with E-state index >= 15 is 0 Å². The number of aromatic nitrogens is 2. The van der Waals surface area contributed by atoms with Crippen molar-refractivity contribution in [1.82, 2.24) is 14.9 Å². The topological polar surface area (TPSA) is 46.9 Å². The van der Waals surface area contributed by atoms with Crippen LogP contribution >= 0.6 is 11.3 Å². The average molecular weight is 325 g/mol. The summed E-state index contributed by atoms with van der Waals surface area (Å²) in [6.45, 7) is 0.662. The van der Waals surface area contributed by atoms with Gasteiger partial charge in [-0.15, -0.1) is 11.3 Å². The molecule has 3 aromatic rings. The summed E-state index contributed by atoms with van der Waals surface area (Å²) in [6.07, 6.45) is 5.65. The van der Waals surface area contributed by atoms with Gasteiger partial charge < -0.3 is 9.88 Å². The molecule has 2 aromatic heterocycles. The molecule has 1 unspecified atom stereocenters. The molecule has 5 heteroatoms. The quantitative estimate of drug-likeness (QED) is 0.795. The van der Waals surface area contributed by atoms with Gasteiger partial charge in [0.15, 0.2) is 0 Å². The number of rotatable bonds is 4. The number of hydrogen-bond acceptors (Lipinski definition) is 3. The van der Waals surface area contributed by atoms with Crippen LogP contribution in [0.5, 0.6) is 0 Å². The van der Waals surface area contributed by atoms with Crippen LogP contribution in [0.3, 0.4) is 0 Å². The van der Waals surface area contributed by atoms with Crippen LogP contribution in [0.2, 0.25) is 0 Å². The molecule has 0 fully saturated rings. The lowest BCUT2D eigenvalue weighted by molar-refractivity contribution is -0.122. The van der Waals surface area contributed by atoms with Gasteiger partial charge in [0, 0.05) is 17.8 Å². The molecule has 0 bridgehead atoms. The first-order chi connectivity index (χ1) is 11.3. The minimum Gasteiger partial charge on any atom is -0.349 e. The number of carbonyl (C=O) groups excluding carboxylic acids is 1. The number of hydrogen-bond donors (Lipinski definition) is 1. The highest BCUT2D eigenvalue weighted by Crippen LogP contribution is 2.33. The fourth-order valence-corrected chi connectivity index (χ4v) is 4.30. The van der Waals surface area contributed by atoms with Crippen LogP contribution in [0.1, 0.15) is 35.7 Å². The predicted octanol–water partition coefficient (Wildman–Crippen LogP) is 3.68. The molecule has 0 aliphatic heterocycles. The number of para-hydroxylation sites is 2. The molecular formula is C18H19N3OS. The Kier molecular flexibility index (Phi) is 3.87. The Bertz CT molecular complexity index is 836. The summed E-state index contributed by atoms with van der Waals surface area (Å²) < 4.78 is 2.05. The van der Waals surface area contributed by atoms with Crippen molar-refractivity contribution in [2.24, 2.45) is 0 Å². The number of nitrogens with one attached hydrogen (secondary N) is 1. The normalized spacial score (nSPS) is 17.1. The predicted molar refractivity (Wildman–Crippen MR) is 92.5 cm³/mol. The van der Waals surface area contributed by atoms with Crippen LogP contribution in [-0.4, -0.2) is 15.5 Å². The Hall–Kier alpha value is -2.14. The Morgan fingerprint density at radius 2 is 2.26 bits per heavy atom. The summed E-state index contributed by atoms with van der Waals surface area (Å²) in [5.74, 6) is 0.117. The molecule has 2 heterocycles. The molecule has 1 aromatic carbocycles. The average Bonchev–Trinajstić information content (AvgIpc) is 3.20. The number of fused-ring (bicyclic) bond motifs is 2. The molecule has 0 saturated carbocycles. The van der Waals surface area contributed by atoms with Gasteiger partial charge in [-0.3, -0.25) is 4.79 Å². The first-order valence-corrected chi connectivity index (χ1v) is 8.95. The maximum atomic E-state index is 12.3. The molecule has 0 spiro atoms. The highest BCUT2D eigenvalue weighted by molar-refractivity contribution is 7.10. The van der Waals surface area contributed by atoms with Gasteiger partial charge >= 0.3 is 0 Å². The van der Waals surface area contributed by atoms with Crippen molar-refractivity contribution in [3.8, 4) is 0 Å². The van der Waals surface area contributed by atoms with E-state index in [1.807, 2.05) is 35.2 Å². The van der Waals surface area contributed by atoms with Gasteiger partial charge in [0.05, 0.1) is 23.4 Å². The SMILES string of the molecule is O=C(CCn1cnc2ccccc21)NC1CCCc2sccc21. The minimum absolute atomic E-state index is 0.117. The third kappa shape index (κ3) is 2.88. The lowest BCUT2D eigenvalue weighted by Crippen LogP contribution is -2.30. The van der Waals surface area contributed by atoms with Gasteiger partial charge in [0.1, 0.15) is 0 Å². The number of benzene rings is 1. The first-order valence-electron chi connectivity index (χ1n) is 8.07. The Labute approximate surface area is 139 Å². The zero-order valence-corrected chi connectivity index (χ0v) is 13.7. The summed E-state index contributed by atoms with van der Waals surface area (Å²) in [5, 5.41) is 5.34. The molecule has 23 heavy (non-hydrogen) atoms. The molecule has 1 aliphatic carbocycles. The fourth-order valence-electron chi connectivity index (χ4n) is 3.31. The van der Waals surface area contributed by atoms with E-state index in [4.69, 9.17) is 0 Å². The van der Waals surface area contributed by atoms with Crippen LogP contribution in [0.25, 0.3) is 11.0 Å². The molecule has 4 nitrogen and oxygen atoms in total. The van der Waals surface area contributed by atoms with E-state index in [2.05, 4.69) is 21.7 Å². The summed E-state index contributed by atoms with van der Waals surface area (Å²) >= 11 is 1.81. The molecular weight excluding hydrogens is 306 g/mol. The maximum Gasteiger partial charge on any atom is 0.222 e. The highest BCUT2D eigenvalue weighted by Gasteiger charge is 2.22. The molecule has 1 atom stereocenters. The van der Waals surface area contributed by atoms with Crippen molar-refractivity contribution >= 4 is 28.3 Å². The number of aryl methyl sites for hydroxylation is 2.